The Bertz CT molecular complexity index is 271. The van der Waals surface area contributed by atoms with Gasteiger partial charge in [-0.05, 0) is 43.0 Å². The summed E-state index contributed by atoms with van der Waals surface area (Å²) >= 11 is 1.69. The van der Waals surface area contributed by atoms with Gasteiger partial charge in [0.25, 0.3) is 0 Å². The molecule has 0 saturated heterocycles. The molecule has 78 valence electrons. The first kappa shape index (κ1) is 10.2. The summed E-state index contributed by atoms with van der Waals surface area (Å²) in [6.07, 6.45) is 5.54. The average Bonchev–Trinajstić information content (AvgIpc) is 2.72. The molecular weight excluding hydrogens is 192 g/mol. The monoisotopic (exact) mass is 210 g/mol. The summed E-state index contributed by atoms with van der Waals surface area (Å²) in [5, 5.41) is 12.5. The van der Waals surface area contributed by atoms with Gasteiger partial charge in [-0.15, -0.1) is 11.3 Å². The first-order valence-electron chi connectivity index (χ1n) is 5.51. The highest BCUT2D eigenvalue weighted by molar-refractivity contribution is 7.10. The Morgan fingerprint density at radius 3 is 2.71 bits per heavy atom. The van der Waals surface area contributed by atoms with E-state index in [0.29, 0.717) is 0 Å². The van der Waals surface area contributed by atoms with Crippen molar-refractivity contribution in [2.24, 2.45) is 5.92 Å². The summed E-state index contributed by atoms with van der Waals surface area (Å²) < 4.78 is 0. The highest BCUT2D eigenvalue weighted by Crippen LogP contribution is 2.41. The first-order valence-corrected chi connectivity index (χ1v) is 6.39. The van der Waals surface area contributed by atoms with Gasteiger partial charge in [-0.2, -0.15) is 0 Å². The van der Waals surface area contributed by atoms with Gasteiger partial charge in [0, 0.05) is 4.88 Å². The lowest BCUT2D eigenvalue weighted by atomic mass is 9.77. The number of rotatable bonds is 2. The third kappa shape index (κ3) is 1.86. The molecule has 1 aromatic rings. The van der Waals surface area contributed by atoms with Crippen molar-refractivity contribution in [1.82, 2.24) is 0 Å². The van der Waals surface area contributed by atoms with Crippen molar-refractivity contribution in [2.75, 3.05) is 0 Å². The van der Waals surface area contributed by atoms with Crippen LogP contribution in [0, 0.1) is 5.92 Å². The van der Waals surface area contributed by atoms with Crippen molar-refractivity contribution >= 4 is 11.3 Å². The van der Waals surface area contributed by atoms with E-state index in [9.17, 15) is 5.11 Å². The molecule has 0 spiro atoms. The molecule has 0 atom stereocenters. The van der Waals surface area contributed by atoms with E-state index in [4.69, 9.17) is 0 Å². The summed E-state index contributed by atoms with van der Waals surface area (Å²) in [7, 11) is 0. The Labute approximate surface area is 89.8 Å². The minimum atomic E-state index is -0.500. The van der Waals surface area contributed by atoms with Crippen LogP contribution in [0.3, 0.4) is 0 Å². The Morgan fingerprint density at radius 2 is 2.21 bits per heavy atom. The van der Waals surface area contributed by atoms with Crippen molar-refractivity contribution in [3.8, 4) is 0 Å². The van der Waals surface area contributed by atoms with Crippen LogP contribution in [0.1, 0.15) is 43.9 Å². The van der Waals surface area contributed by atoms with E-state index in [1.165, 1.54) is 19.3 Å². The molecule has 1 saturated carbocycles. The van der Waals surface area contributed by atoms with Crippen molar-refractivity contribution in [1.29, 1.82) is 0 Å². The van der Waals surface area contributed by atoms with Gasteiger partial charge < -0.3 is 5.11 Å². The molecule has 1 fully saturated rings. The van der Waals surface area contributed by atoms with Gasteiger partial charge in [0.1, 0.15) is 0 Å². The van der Waals surface area contributed by atoms with Crippen molar-refractivity contribution < 1.29 is 5.11 Å². The lowest BCUT2D eigenvalue weighted by molar-refractivity contribution is -0.0113. The van der Waals surface area contributed by atoms with Crippen LogP contribution in [0.5, 0.6) is 0 Å². The van der Waals surface area contributed by atoms with Gasteiger partial charge in [0.05, 0.1) is 5.60 Å². The summed E-state index contributed by atoms with van der Waals surface area (Å²) in [4.78, 5) is 1.16. The molecule has 1 aliphatic carbocycles. The second-order valence-corrected chi connectivity index (χ2v) is 5.31. The van der Waals surface area contributed by atoms with Gasteiger partial charge in [0.15, 0.2) is 0 Å². The van der Waals surface area contributed by atoms with Gasteiger partial charge in [-0.3, -0.25) is 0 Å². The molecule has 1 nitrogen and oxygen atoms in total. The quantitative estimate of drug-likeness (QED) is 0.791. The van der Waals surface area contributed by atoms with Gasteiger partial charge in [-0.1, -0.05) is 19.4 Å². The Balaban J connectivity index is 2.06. The van der Waals surface area contributed by atoms with Crippen LogP contribution in [0.25, 0.3) is 0 Å². The maximum absolute atomic E-state index is 10.5. The zero-order chi connectivity index (χ0) is 10.0. The van der Waals surface area contributed by atoms with Gasteiger partial charge in [-0.25, -0.2) is 0 Å². The van der Waals surface area contributed by atoms with Crippen LogP contribution >= 0.6 is 11.3 Å². The highest BCUT2D eigenvalue weighted by Gasteiger charge is 2.34. The van der Waals surface area contributed by atoms with E-state index in [-0.39, 0.29) is 0 Å². The number of hydrogen-bond donors (Lipinski definition) is 1. The number of hydrogen-bond acceptors (Lipinski definition) is 2. The van der Waals surface area contributed by atoms with Gasteiger partial charge in [0.2, 0.25) is 0 Å². The molecule has 2 heteroatoms. The zero-order valence-electron chi connectivity index (χ0n) is 8.70. The average molecular weight is 210 g/mol. The van der Waals surface area contributed by atoms with E-state index in [2.05, 4.69) is 18.4 Å². The van der Waals surface area contributed by atoms with E-state index in [1.54, 1.807) is 11.3 Å². The predicted octanol–water partition coefficient (Wildman–Crippen LogP) is 3.54. The smallest absolute Gasteiger partial charge is 0.0988 e. The van der Waals surface area contributed by atoms with Crippen molar-refractivity contribution in [3.05, 3.63) is 22.4 Å². The molecular formula is C12H18OS. The summed E-state index contributed by atoms with van der Waals surface area (Å²) in [6, 6.07) is 4.10. The molecule has 0 aliphatic heterocycles. The van der Waals surface area contributed by atoms with Crippen LogP contribution < -0.4 is 0 Å². The fourth-order valence-electron chi connectivity index (χ4n) is 2.35. The first-order chi connectivity index (χ1) is 6.74. The fraction of sp³-hybridized carbons (Fsp3) is 0.667. The molecule has 1 aromatic heterocycles. The van der Waals surface area contributed by atoms with E-state index >= 15 is 0 Å². The second-order valence-electron chi connectivity index (χ2n) is 4.36. The van der Waals surface area contributed by atoms with Crippen molar-refractivity contribution in [3.63, 3.8) is 0 Å². The number of thiophene rings is 1. The molecule has 14 heavy (non-hydrogen) atoms. The molecule has 0 bridgehead atoms. The van der Waals surface area contributed by atoms with Crippen LogP contribution in [-0.2, 0) is 5.60 Å². The minimum Gasteiger partial charge on any atom is -0.384 e. The Kier molecular flexibility index (Phi) is 2.93. The van der Waals surface area contributed by atoms with E-state index < -0.39 is 5.60 Å². The summed E-state index contributed by atoms with van der Waals surface area (Å²) in [6.45, 7) is 2.25. The topological polar surface area (TPSA) is 20.2 Å². The Hall–Kier alpha value is -0.340. The van der Waals surface area contributed by atoms with E-state index in [1.807, 2.05) is 6.07 Å². The van der Waals surface area contributed by atoms with Gasteiger partial charge >= 0.3 is 0 Å². The van der Waals surface area contributed by atoms with Crippen LogP contribution in [0.4, 0.5) is 0 Å². The fourth-order valence-corrected chi connectivity index (χ4v) is 3.24. The van der Waals surface area contributed by atoms with Crippen LogP contribution in [0.2, 0.25) is 0 Å². The van der Waals surface area contributed by atoms with Crippen molar-refractivity contribution in [2.45, 2.75) is 44.6 Å². The molecule has 0 aromatic carbocycles. The third-order valence-corrected chi connectivity index (χ3v) is 4.55. The lowest BCUT2D eigenvalue weighted by Crippen LogP contribution is -2.30. The summed E-state index contributed by atoms with van der Waals surface area (Å²) in [5.74, 6) is 0.843. The summed E-state index contributed by atoms with van der Waals surface area (Å²) in [5.41, 5.74) is -0.500. The maximum Gasteiger partial charge on any atom is 0.0988 e. The molecule has 0 amide bonds. The molecule has 1 heterocycles. The second kappa shape index (κ2) is 4.03. The molecule has 1 aliphatic rings. The SMILES string of the molecule is CCC1CCC(O)(c2cccs2)CC1. The van der Waals surface area contributed by atoms with Crippen LogP contribution in [0.15, 0.2) is 17.5 Å². The molecule has 0 unspecified atom stereocenters. The molecule has 0 radical (unpaired) electrons. The third-order valence-electron chi connectivity index (χ3n) is 3.49. The highest BCUT2D eigenvalue weighted by atomic mass is 32.1. The van der Waals surface area contributed by atoms with Crippen LogP contribution in [-0.4, -0.2) is 5.11 Å². The molecule has 2 rings (SSSR count). The zero-order valence-corrected chi connectivity index (χ0v) is 9.52. The lowest BCUT2D eigenvalue weighted by Gasteiger charge is -2.35. The maximum atomic E-state index is 10.5. The number of aliphatic hydroxyl groups is 1. The molecule has 1 N–H and O–H groups in total. The largest absolute Gasteiger partial charge is 0.384 e. The van der Waals surface area contributed by atoms with E-state index in [0.717, 1.165) is 23.6 Å². The normalized spacial score (nSPS) is 33.1. The predicted molar refractivity (Wildman–Crippen MR) is 60.5 cm³/mol. The Morgan fingerprint density at radius 1 is 1.50 bits per heavy atom. The standard InChI is InChI=1S/C12H18OS/c1-2-10-5-7-12(13,8-6-10)11-4-3-9-14-11/h3-4,9-10,13H,2,5-8H2,1H3. The minimum absolute atomic E-state index is 0.500.